The molecule has 0 spiro atoms. The molecule has 1 aliphatic heterocycles. The first-order chi connectivity index (χ1) is 11.7. The third-order valence-corrected chi connectivity index (χ3v) is 4.40. The molecule has 3 nitrogen and oxygen atoms in total. The van der Waals surface area contributed by atoms with Crippen molar-refractivity contribution in [3.63, 3.8) is 0 Å². The van der Waals surface area contributed by atoms with Crippen LogP contribution in [0.4, 0.5) is 0 Å². The highest BCUT2D eigenvalue weighted by molar-refractivity contribution is 6.03. The van der Waals surface area contributed by atoms with E-state index in [2.05, 4.69) is 19.9 Å². The summed E-state index contributed by atoms with van der Waals surface area (Å²) in [4.78, 5) is 12.4. The molecule has 3 heteroatoms. The highest BCUT2D eigenvalue weighted by atomic mass is 16.5. The Morgan fingerprint density at radius 1 is 1.04 bits per heavy atom. The molecule has 0 aliphatic carbocycles. The van der Waals surface area contributed by atoms with Gasteiger partial charge in [-0.25, -0.2) is 4.79 Å². The van der Waals surface area contributed by atoms with Gasteiger partial charge in [-0.1, -0.05) is 57.0 Å². The number of hydrogen-bond acceptors (Lipinski definition) is 3. The number of cyclic esters (lactones) is 1. The van der Waals surface area contributed by atoms with Gasteiger partial charge in [0, 0.05) is 23.1 Å². The Kier molecular flexibility index (Phi) is 5.19. The number of ether oxygens (including phenoxy) is 1. The number of unbranched alkanes of at least 4 members (excludes halogenated alkanes) is 1. The van der Waals surface area contributed by atoms with Gasteiger partial charge in [0.15, 0.2) is 6.10 Å². The third-order valence-electron chi connectivity index (χ3n) is 4.40. The normalized spacial score (nSPS) is 17.4. The fraction of sp³-hybridized carbons (Fsp3) is 0.381. The van der Waals surface area contributed by atoms with Gasteiger partial charge in [0.25, 0.3) is 0 Å². The molecule has 126 valence electrons. The number of benzene rings is 1. The molecule has 0 radical (unpaired) electrons. The molecule has 0 unspecified atom stereocenters. The molecule has 2 aromatic rings. The second-order valence-electron chi connectivity index (χ2n) is 6.24. The van der Waals surface area contributed by atoms with E-state index in [-0.39, 0.29) is 12.1 Å². The van der Waals surface area contributed by atoms with Crippen molar-refractivity contribution in [3.05, 3.63) is 65.1 Å². The van der Waals surface area contributed by atoms with Gasteiger partial charge in [0.05, 0.1) is 6.26 Å². The first kappa shape index (κ1) is 16.6. The molecule has 1 aromatic heterocycles. The van der Waals surface area contributed by atoms with Crippen LogP contribution in [0.1, 0.15) is 62.5 Å². The quantitative estimate of drug-likeness (QED) is 0.634. The number of carbonyl (C=O) groups is 1. The van der Waals surface area contributed by atoms with Gasteiger partial charge in [0.2, 0.25) is 0 Å². The van der Waals surface area contributed by atoms with Crippen LogP contribution >= 0.6 is 0 Å². The van der Waals surface area contributed by atoms with Crippen LogP contribution in [-0.2, 0) is 16.0 Å². The summed E-state index contributed by atoms with van der Waals surface area (Å²) in [6.45, 7) is 4.25. The van der Waals surface area contributed by atoms with Gasteiger partial charge < -0.3 is 9.15 Å². The Morgan fingerprint density at radius 3 is 2.54 bits per heavy atom. The van der Waals surface area contributed by atoms with Crippen molar-refractivity contribution in [1.82, 2.24) is 0 Å². The molecule has 3 rings (SSSR count). The number of esters is 1. The molecule has 0 N–H and O–H groups in total. The van der Waals surface area contributed by atoms with Crippen LogP contribution < -0.4 is 0 Å². The Morgan fingerprint density at radius 2 is 1.83 bits per heavy atom. The lowest BCUT2D eigenvalue weighted by Crippen LogP contribution is -2.03. The van der Waals surface area contributed by atoms with Crippen molar-refractivity contribution in [1.29, 1.82) is 0 Å². The maximum Gasteiger partial charge on any atom is 0.335 e. The van der Waals surface area contributed by atoms with Crippen LogP contribution in [0.3, 0.4) is 0 Å². The Hall–Kier alpha value is -2.29. The minimum absolute atomic E-state index is 0.197. The zero-order valence-electron chi connectivity index (χ0n) is 14.4. The van der Waals surface area contributed by atoms with E-state index in [1.165, 1.54) is 0 Å². The Bertz CT molecular complexity index is 725. The van der Waals surface area contributed by atoms with Crippen LogP contribution in [0.2, 0.25) is 0 Å². The van der Waals surface area contributed by atoms with Crippen LogP contribution in [0, 0.1) is 0 Å². The maximum atomic E-state index is 12.4. The Labute approximate surface area is 143 Å². The van der Waals surface area contributed by atoms with E-state index in [1.54, 1.807) is 6.26 Å². The summed E-state index contributed by atoms with van der Waals surface area (Å²) in [6, 6.07) is 12.0. The third kappa shape index (κ3) is 3.30. The fourth-order valence-corrected chi connectivity index (χ4v) is 3.18. The largest absolute Gasteiger partial charge is 0.469 e. The van der Waals surface area contributed by atoms with Crippen molar-refractivity contribution >= 4 is 11.5 Å². The van der Waals surface area contributed by atoms with Crippen LogP contribution in [0.25, 0.3) is 5.57 Å². The molecular weight excluding hydrogens is 300 g/mol. The van der Waals surface area contributed by atoms with Gasteiger partial charge in [-0.3, -0.25) is 0 Å². The smallest absolute Gasteiger partial charge is 0.335 e. The predicted octanol–water partition coefficient (Wildman–Crippen LogP) is 5.47. The first-order valence-electron chi connectivity index (χ1n) is 8.81. The second-order valence-corrected chi connectivity index (χ2v) is 6.24. The average Bonchev–Trinajstić information content (AvgIpc) is 3.19. The summed E-state index contributed by atoms with van der Waals surface area (Å²) in [7, 11) is 0. The monoisotopic (exact) mass is 324 g/mol. The highest BCUT2D eigenvalue weighted by Gasteiger charge is 2.35. The average molecular weight is 324 g/mol. The van der Waals surface area contributed by atoms with Gasteiger partial charge in [0.1, 0.15) is 5.76 Å². The first-order valence-corrected chi connectivity index (χ1v) is 8.81. The van der Waals surface area contributed by atoms with E-state index in [9.17, 15) is 4.79 Å². The molecule has 1 atom stereocenters. The topological polar surface area (TPSA) is 39.4 Å². The summed E-state index contributed by atoms with van der Waals surface area (Å²) >= 11 is 0. The molecule has 0 saturated carbocycles. The zero-order chi connectivity index (χ0) is 16.9. The van der Waals surface area contributed by atoms with Gasteiger partial charge in [-0.05, 0) is 24.5 Å². The fourth-order valence-electron chi connectivity index (χ4n) is 3.18. The molecule has 1 aliphatic rings. The standard InChI is InChI=1S/C21H24O3/c1-3-5-12-17-13-16(14-23-17)19-18(9-4-2)21(22)24-20(19)15-10-7-6-8-11-15/h6-8,10-11,13-14,20H,3-5,9,12H2,1-2H3/t20-/m1/s1. The molecule has 2 heterocycles. The van der Waals surface area contributed by atoms with Crippen molar-refractivity contribution in [2.24, 2.45) is 0 Å². The van der Waals surface area contributed by atoms with Crippen LogP contribution in [0.5, 0.6) is 0 Å². The summed E-state index contributed by atoms with van der Waals surface area (Å²) in [6.07, 6.45) is 6.24. The van der Waals surface area contributed by atoms with Gasteiger partial charge in [-0.15, -0.1) is 0 Å². The van der Waals surface area contributed by atoms with Crippen molar-refractivity contribution in [2.75, 3.05) is 0 Å². The summed E-state index contributed by atoms with van der Waals surface area (Å²) in [5.74, 6) is 0.776. The summed E-state index contributed by atoms with van der Waals surface area (Å²) in [5, 5.41) is 0. The highest BCUT2D eigenvalue weighted by Crippen LogP contribution is 2.43. The number of aryl methyl sites for hydroxylation is 1. The lowest BCUT2D eigenvalue weighted by atomic mass is 9.92. The van der Waals surface area contributed by atoms with E-state index < -0.39 is 0 Å². The molecule has 0 amide bonds. The predicted molar refractivity (Wildman–Crippen MR) is 94.4 cm³/mol. The van der Waals surface area contributed by atoms with E-state index >= 15 is 0 Å². The SMILES string of the molecule is CCCCc1cc(C2=C(CCC)C(=O)O[C@@H]2c2ccccc2)co1. The zero-order valence-corrected chi connectivity index (χ0v) is 14.4. The molecule has 24 heavy (non-hydrogen) atoms. The molecule has 1 aromatic carbocycles. The van der Waals surface area contributed by atoms with E-state index in [1.807, 2.05) is 30.3 Å². The van der Waals surface area contributed by atoms with Crippen molar-refractivity contribution < 1.29 is 13.9 Å². The van der Waals surface area contributed by atoms with E-state index in [0.717, 1.165) is 60.1 Å². The van der Waals surface area contributed by atoms with Crippen LogP contribution in [0.15, 0.2) is 52.7 Å². The lowest BCUT2D eigenvalue weighted by Gasteiger charge is -2.13. The number of furan rings is 1. The minimum Gasteiger partial charge on any atom is -0.469 e. The number of hydrogen-bond donors (Lipinski definition) is 0. The summed E-state index contributed by atoms with van der Waals surface area (Å²) < 4.78 is 11.4. The summed E-state index contributed by atoms with van der Waals surface area (Å²) in [5.41, 5.74) is 3.74. The molecule has 0 saturated heterocycles. The van der Waals surface area contributed by atoms with E-state index in [4.69, 9.17) is 9.15 Å². The number of rotatable bonds is 7. The van der Waals surface area contributed by atoms with Crippen LogP contribution in [-0.4, -0.2) is 5.97 Å². The lowest BCUT2D eigenvalue weighted by molar-refractivity contribution is -0.139. The minimum atomic E-state index is -0.336. The Balaban J connectivity index is 2.00. The molecule has 0 fully saturated rings. The molecule has 0 bridgehead atoms. The van der Waals surface area contributed by atoms with Crippen molar-refractivity contribution in [3.8, 4) is 0 Å². The molecular formula is C21H24O3. The van der Waals surface area contributed by atoms with Crippen molar-refractivity contribution in [2.45, 2.75) is 52.1 Å². The van der Waals surface area contributed by atoms with Gasteiger partial charge >= 0.3 is 5.97 Å². The van der Waals surface area contributed by atoms with Gasteiger partial charge in [-0.2, -0.15) is 0 Å². The van der Waals surface area contributed by atoms with E-state index in [0.29, 0.717) is 0 Å². The maximum absolute atomic E-state index is 12.4. The second kappa shape index (κ2) is 7.52. The number of carbonyl (C=O) groups excluding carboxylic acids is 1.